The molecule has 2 atom stereocenters. The fraction of sp³-hybridized carbons (Fsp3) is 0.417. The van der Waals surface area contributed by atoms with Crippen LogP contribution in [-0.2, 0) is 4.79 Å². The topological polar surface area (TPSA) is 37.3 Å². The van der Waals surface area contributed by atoms with E-state index in [1.54, 1.807) is 6.92 Å². The highest BCUT2D eigenvalue weighted by molar-refractivity contribution is 5.81. The lowest BCUT2D eigenvalue weighted by atomic mass is 9.93. The van der Waals surface area contributed by atoms with E-state index >= 15 is 0 Å². The Morgan fingerprint density at radius 2 is 1.93 bits per heavy atom. The predicted octanol–water partition coefficient (Wildman–Crippen LogP) is 2.34. The lowest BCUT2D eigenvalue weighted by molar-refractivity contribution is -0.125. The molecule has 0 heterocycles. The summed E-state index contributed by atoms with van der Waals surface area (Å²) in [6.07, 6.45) is -0.200. The molecule has 0 aliphatic rings. The zero-order chi connectivity index (χ0) is 10.6. The molecule has 0 aliphatic carbocycles. The van der Waals surface area contributed by atoms with Crippen LogP contribution in [-0.4, -0.2) is 10.9 Å². The average molecular weight is 192 g/mol. The molecule has 14 heavy (non-hydrogen) atoms. The molecule has 0 aliphatic heterocycles. The summed E-state index contributed by atoms with van der Waals surface area (Å²) < 4.78 is 0. The molecule has 1 N–H and O–H groups in total. The van der Waals surface area contributed by atoms with E-state index in [4.69, 9.17) is 0 Å². The Morgan fingerprint density at radius 3 is 2.43 bits per heavy atom. The second-order valence-electron chi connectivity index (χ2n) is 3.46. The normalized spacial score (nSPS) is 14.8. The van der Waals surface area contributed by atoms with Crippen molar-refractivity contribution in [2.75, 3.05) is 0 Å². The number of hydrogen-bond acceptors (Lipinski definition) is 2. The summed E-state index contributed by atoms with van der Waals surface area (Å²) in [6.45, 7) is 3.58. The highest BCUT2D eigenvalue weighted by Gasteiger charge is 2.21. The van der Waals surface area contributed by atoms with Crippen molar-refractivity contribution in [3.05, 3.63) is 35.9 Å². The maximum atomic E-state index is 11.4. The van der Waals surface area contributed by atoms with Crippen molar-refractivity contribution in [1.29, 1.82) is 0 Å². The van der Waals surface area contributed by atoms with Gasteiger partial charge in [-0.2, -0.15) is 0 Å². The largest absolute Gasteiger partial charge is 0.388 e. The van der Waals surface area contributed by atoms with Crippen molar-refractivity contribution >= 4 is 5.78 Å². The Hall–Kier alpha value is -1.15. The van der Waals surface area contributed by atoms with E-state index in [0.717, 1.165) is 5.56 Å². The zero-order valence-corrected chi connectivity index (χ0v) is 8.60. The van der Waals surface area contributed by atoms with Gasteiger partial charge in [0.2, 0.25) is 0 Å². The molecular formula is C12H16O2. The van der Waals surface area contributed by atoms with Gasteiger partial charge in [0.15, 0.2) is 0 Å². The number of Topliss-reactive ketones (excluding diaryl/α,β-unsaturated/α-hetero) is 1. The van der Waals surface area contributed by atoms with Crippen molar-refractivity contribution in [2.45, 2.75) is 26.4 Å². The Balaban J connectivity index is 2.75. The maximum absolute atomic E-state index is 11.4. The van der Waals surface area contributed by atoms with Gasteiger partial charge >= 0.3 is 0 Å². The molecule has 0 amide bonds. The first kappa shape index (κ1) is 10.9. The van der Waals surface area contributed by atoms with Gasteiger partial charge in [0.25, 0.3) is 0 Å². The van der Waals surface area contributed by atoms with Crippen molar-refractivity contribution in [1.82, 2.24) is 0 Å². The highest BCUT2D eigenvalue weighted by atomic mass is 16.3. The number of ketones is 1. The van der Waals surface area contributed by atoms with Crippen LogP contribution in [0.25, 0.3) is 0 Å². The Morgan fingerprint density at radius 1 is 1.36 bits per heavy atom. The summed E-state index contributed by atoms with van der Waals surface area (Å²) in [7, 11) is 0. The van der Waals surface area contributed by atoms with Crippen LogP contribution >= 0.6 is 0 Å². The maximum Gasteiger partial charge on any atom is 0.138 e. The molecule has 1 aromatic rings. The number of aliphatic hydroxyl groups is 1. The molecule has 2 heteroatoms. The van der Waals surface area contributed by atoms with Crippen molar-refractivity contribution in [2.24, 2.45) is 5.92 Å². The third-order valence-corrected chi connectivity index (χ3v) is 2.47. The first-order chi connectivity index (χ1) is 6.66. The molecule has 0 fully saturated rings. The fourth-order valence-corrected chi connectivity index (χ4v) is 1.44. The molecule has 76 valence electrons. The van der Waals surface area contributed by atoms with Crippen LogP contribution in [0.3, 0.4) is 0 Å². The Bertz CT molecular complexity index is 292. The van der Waals surface area contributed by atoms with Gasteiger partial charge in [-0.1, -0.05) is 44.2 Å². The van der Waals surface area contributed by atoms with E-state index in [-0.39, 0.29) is 11.7 Å². The first-order valence-corrected chi connectivity index (χ1v) is 4.92. The minimum absolute atomic E-state index is 0.0985. The average Bonchev–Trinajstić information content (AvgIpc) is 2.27. The van der Waals surface area contributed by atoms with E-state index in [0.29, 0.717) is 6.42 Å². The van der Waals surface area contributed by atoms with Gasteiger partial charge in [-0.15, -0.1) is 0 Å². The Kier molecular flexibility index (Phi) is 3.84. The smallest absolute Gasteiger partial charge is 0.138 e. The van der Waals surface area contributed by atoms with E-state index in [9.17, 15) is 9.90 Å². The van der Waals surface area contributed by atoms with Gasteiger partial charge in [-0.3, -0.25) is 4.79 Å². The van der Waals surface area contributed by atoms with Gasteiger partial charge in [-0.05, 0) is 5.56 Å². The van der Waals surface area contributed by atoms with Gasteiger partial charge in [-0.25, -0.2) is 0 Å². The SMILES string of the molecule is CCC(=O)[C@@H](C)[C@H](O)c1ccccc1. The zero-order valence-electron chi connectivity index (χ0n) is 8.60. The molecule has 0 spiro atoms. The molecule has 1 rings (SSSR count). The fourth-order valence-electron chi connectivity index (χ4n) is 1.44. The lowest BCUT2D eigenvalue weighted by Crippen LogP contribution is -2.18. The van der Waals surface area contributed by atoms with Crippen LogP contribution in [0.5, 0.6) is 0 Å². The number of rotatable bonds is 4. The summed E-state index contributed by atoms with van der Waals surface area (Å²) >= 11 is 0. The monoisotopic (exact) mass is 192 g/mol. The summed E-state index contributed by atoms with van der Waals surface area (Å²) in [6, 6.07) is 9.29. The lowest BCUT2D eigenvalue weighted by Gasteiger charge is -2.17. The number of aliphatic hydroxyl groups excluding tert-OH is 1. The van der Waals surface area contributed by atoms with Crippen molar-refractivity contribution in [3.63, 3.8) is 0 Å². The number of carbonyl (C=O) groups excluding carboxylic acids is 1. The summed E-state index contributed by atoms with van der Waals surface area (Å²) in [4.78, 5) is 11.4. The van der Waals surface area contributed by atoms with E-state index in [2.05, 4.69) is 0 Å². The van der Waals surface area contributed by atoms with Gasteiger partial charge < -0.3 is 5.11 Å². The summed E-state index contributed by atoms with van der Waals surface area (Å²) in [5, 5.41) is 9.87. The van der Waals surface area contributed by atoms with Crippen LogP contribution in [0, 0.1) is 5.92 Å². The van der Waals surface area contributed by atoms with Crippen LogP contribution in [0.1, 0.15) is 31.9 Å². The van der Waals surface area contributed by atoms with Crippen molar-refractivity contribution in [3.8, 4) is 0 Å². The quantitative estimate of drug-likeness (QED) is 0.795. The van der Waals surface area contributed by atoms with E-state index in [1.165, 1.54) is 0 Å². The molecule has 1 aromatic carbocycles. The Labute approximate surface area is 84.6 Å². The molecule has 0 saturated carbocycles. The standard InChI is InChI=1S/C12H16O2/c1-3-11(13)9(2)12(14)10-7-5-4-6-8-10/h4-9,12,14H,3H2,1-2H3/t9-,12+/m1/s1. The number of hydrogen-bond donors (Lipinski definition) is 1. The third kappa shape index (κ3) is 2.42. The molecule has 0 saturated heterocycles. The summed E-state index contributed by atoms with van der Waals surface area (Å²) in [5.74, 6) is -0.219. The van der Waals surface area contributed by atoms with E-state index in [1.807, 2.05) is 37.3 Å². The van der Waals surface area contributed by atoms with Crippen LogP contribution in [0.2, 0.25) is 0 Å². The van der Waals surface area contributed by atoms with Gasteiger partial charge in [0.1, 0.15) is 5.78 Å². The molecular weight excluding hydrogens is 176 g/mol. The van der Waals surface area contributed by atoms with Crippen molar-refractivity contribution < 1.29 is 9.90 Å². The second-order valence-corrected chi connectivity index (χ2v) is 3.46. The third-order valence-electron chi connectivity index (χ3n) is 2.47. The van der Waals surface area contributed by atoms with Crippen LogP contribution in [0.15, 0.2) is 30.3 Å². The van der Waals surface area contributed by atoms with E-state index < -0.39 is 6.10 Å². The highest BCUT2D eigenvalue weighted by Crippen LogP contribution is 2.22. The molecule has 0 aromatic heterocycles. The summed E-state index contributed by atoms with van der Waals surface area (Å²) in [5.41, 5.74) is 0.807. The first-order valence-electron chi connectivity index (χ1n) is 4.92. The second kappa shape index (κ2) is 4.91. The molecule has 2 nitrogen and oxygen atoms in total. The predicted molar refractivity (Wildman–Crippen MR) is 55.9 cm³/mol. The van der Waals surface area contributed by atoms with Gasteiger partial charge in [0.05, 0.1) is 6.10 Å². The molecule has 0 bridgehead atoms. The molecule has 0 unspecified atom stereocenters. The van der Waals surface area contributed by atoms with Crippen LogP contribution < -0.4 is 0 Å². The number of carbonyl (C=O) groups is 1. The van der Waals surface area contributed by atoms with Crippen LogP contribution in [0.4, 0.5) is 0 Å². The minimum atomic E-state index is -0.677. The minimum Gasteiger partial charge on any atom is -0.388 e. The van der Waals surface area contributed by atoms with Gasteiger partial charge in [0, 0.05) is 12.3 Å². The molecule has 0 radical (unpaired) electrons. The number of benzene rings is 1.